The summed E-state index contributed by atoms with van der Waals surface area (Å²) in [6, 6.07) is 3.84. The lowest BCUT2D eigenvalue weighted by Crippen LogP contribution is -2.37. The van der Waals surface area contributed by atoms with Crippen molar-refractivity contribution in [2.24, 2.45) is 0 Å². The quantitative estimate of drug-likeness (QED) is 0.678. The number of aromatic nitrogens is 5. The molecule has 142 valence electrons. The Labute approximate surface area is 161 Å². The number of H-pyrrole nitrogens is 1. The summed E-state index contributed by atoms with van der Waals surface area (Å²) in [6.45, 7) is 1.36. The molecule has 0 spiro atoms. The van der Waals surface area contributed by atoms with Crippen LogP contribution in [0.5, 0.6) is 0 Å². The molecule has 4 heterocycles. The number of rotatable bonds is 5. The maximum absolute atomic E-state index is 12.5. The standard InChI is InChI=1S/C19H19N7O2/c27-18(23-6-3-13-2-1-5-20-10-13)17-14-4-9-26(12-16(14)24-25-17)19(28)15-11-21-7-8-22-15/h1-2,5,7-8,10-11H,3-4,6,9,12H2,(H,23,27)(H,24,25). The minimum absolute atomic E-state index is 0.184. The second-order valence-electron chi connectivity index (χ2n) is 6.46. The van der Waals surface area contributed by atoms with Crippen molar-refractivity contribution in [1.29, 1.82) is 0 Å². The molecule has 0 radical (unpaired) electrons. The molecule has 9 heteroatoms. The van der Waals surface area contributed by atoms with Crippen LogP contribution in [0.25, 0.3) is 0 Å². The van der Waals surface area contributed by atoms with Gasteiger partial charge < -0.3 is 10.2 Å². The van der Waals surface area contributed by atoms with Gasteiger partial charge in [-0.3, -0.25) is 24.7 Å². The largest absolute Gasteiger partial charge is 0.350 e. The highest BCUT2D eigenvalue weighted by molar-refractivity contribution is 5.95. The molecule has 3 aromatic heterocycles. The second kappa shape index (κ2) is 7.95. The van der Waals surface area contributed by atoms with E-state index in [4.69, 9.17) is 0 Å². The fourth-order valence-corrected chi connectivity index (χ4v) is 3.20. The molecule has 4 rings (SSSR count). The summed E-state index contributed by atoms with van der Waals surface area (Å²) >= 11 is 0. The summed E-state index contributed by atoms with van der Waals surface area (Å²) < 4.78 is 0. The Morgan fingerprint density at radius 2 is 2.07 bits per heavy atom. The third kappa shape index (κ3) is 3.73. The van der Waals surface area contributed by atoms with Gasteiger partial charge in [-0.2, -0.15) is 5.10 Å². The van der Waals surface area contributed by atoms with Crippen LogP contribution in [0.4, 0.5) is 0 Å². The van der Waals surface area contributed by atoms with E-state index < -0.39 is 0 Å². The topological polar surface area (TPSA) is 117 Å². The minimum atomic E-state index is -0.213. The first-order valence-electron chi connectivity index (χ1n) is 9.01. The molecule has 2 N–H and O–H groups in total. The summed E-state index contributed by atoms with van der Waals surface area (Å²) in [7, 11) is 0. The lowest BCUT2D eigenvalue weighted by Gasteiger charge is -2.26. The highest BCUT2D eigenvalue weighted by Crippen LogP contribution is 2.21. The van der Waals surface area contributed by atoms with E-state index in [0.717, 1.165) is 16.8 Å². The van der Waals surface area contributed by atoms with E-state index in [1.165, 1.54) is 18.6 Å². The van der Waals surface area contributed by atoms with Crippen molar-refractivity contribution in [2.45, 2.75) is 19.4 Å². The fraction of sp³-hybridized carbons (Fsp3) is 0.263. The van der Waals surface area contributed by atoms with Crippen LogP contribution in [0.2, 0.25) is 0 Å². The molecule has 0 fully saturated rings. The number of nitrogens with one attached hydrogen (secondary N) is 2. The van der Waals surface area contributed by atoms with Gasteiger partial charge >= 0.3 is 0 Å². The lowest BCUT2D eigenvalue weighted by molar-refractivity contribution is 0.0726. The Bertz CT molecular complexity index is 972. The van der Waals surface area contributed by atoms with Crippen LogP contribution >= 0.6 is 0 Å². The van der Waals surface area contributed by atoms with Gasteiger partial charge in [0.05, 0.1) is 18.4 Å². The number of aromatic amines is 1. The van der Waals surface area contributed by atoms with Gasteiger partial charge in [0.25, 0.3) is 11.8 Å². The van der Waals surface area contributed by atoms with Crippen molar-refractivity contribution in [2.75, 3.05) is 13.1 Å². The summed E-state index contributed by atoms with van der Waals surface area (Å²) in [4.78, 5) is 38.8. The van der Waals surface area contributed by atoms with E-state index in [1.807, 2.05) is 12.1 Å². The molecule has 2 amide bonds. The first-order valence-corrected chi connectivity index (χ1v) is 9.01. The molecular formula is C19H19N7O2. The SMILES string of the molecule is O=C(NCCc1cccnc1)c1n[nH]c2c1CCN(C(=O)c1cnccn1)C2. The molecule has 0 atom stereocenters. The molecule has 1 aliphatic rings. The van der Waals surface area contributed by atoms with Crippen molar-refractivity contribution in [3.8, 4) is 0 Å². The summed E-state index contributed by atoms with van der Waals surface area (Å²) in [5.41, 5.74) is 3.40. The minimum Gasteiger partial charge on any atom is -0.350 e. The van der Waals surface area contributed by atoms with E-state index >= 15 is 0 Å². The van der Waals surface area contributed by atoms with Crippen LogP contribution in [-0.2, 0) is 19.4 Å². The van der Waals surface area contributed by atoms with Gasteiger partial charge in [-0.05, 0) is 24.5 Å². The molecule has 1 aliphatic heterocycles. The molecule has 9 nitrogen and oxygen atoms in total. The van der Waals surface area contributed by atoms with E-state index in [0.29, 0.717) is 43.9 Å². The number of hydrogen-bond acceptors (Lipinski definition) is 6. The fourth-order valence-electron chi connectivity index (χ4n) is 3.20. The molecule has 0 aliphatic carbocycles. The Hall–Kier alpha value is -3.62. The third-order valence-corrected chi connectivity index (χ3v) is 4.64. The molecule has 3 aromatic rings. The summed E-state index contributed by atoms with van der Waals surface area (Å²) in [5, 5.41) is 9.97. The van der Waals surface area contributed by atoms with Gasteiger partial charge in [-0.25, -0.2) is 4.98 Å². The van der Waals surface area contributed by atoms with Gasteiger partial charge in [-0.15, -0.1) is 0 Å². The Morgan fingerprint density at radius 1 is 1.18 bits per heavy atom. The monoisotopic (exact) mass is 377 g/mol. The smallest absolute Gasteiger partial charge is 0.274 e. The predicted molar refractivity (Wildman–Crippen MR) is 99.3 cm³/mol. The van der Waals surface area contributed by atoms with Crippen LogP contribution in [0.1, 0.15) is 37.8 Å². The lowest BCUT2D eigenvalue weighted by atomic mass is 10.0. The summed E-state index contributed by atoms with van der Waals surface area (Å²) in [6.07, 6.45) is 9.23. The number of carbonyl (C=O) groups excluding carboxylic acids is 2. The molecule has 0 saturated heterocycles. The highest BCUT2D eigenvalue weighted by atomic mass is 16.2. The first-order chi connectivity index (χ1) is 13.7. The number of hydrogen-bond donors (Lipinski definition) is 2. The van der Waals surface area contributed by atoms with Crippen molar-refractivity contribution < 1.29 is 9.59 Å². The Kier molecular flexibility index (Phi) is 5.05. The third-order valence-electron chi connectivity index (χ3n) is 4.64. The van der Waals surface area contributed by atoms with Crippen LogP contribution < -0.4 is 5.32 Å². The number of amides is 2. The van der Waals surface area contributed by atoms with Crippen molar-refractivity contribution in [1.82, 2.24) is 35.4 Å². The highest BCUT2D eigenvalue weighted by Gasteiger charge is 2.28. The van der Waals surface area contributed by atoms with Gasteiger partial charge in [0.15, 0.2) is 5.69 Å². The maximum atomic E-state index is 12.5. The number of nitrogens with zero attached hydrogens (tertiary/aromatic N) is 5. The normalized spacial score (nSPS) is 13.1. The van der Waals surface area contributed by atoms with E-state index in [2.05, 4.69) is 30.5 Å². The zero-order chi connectivity index (χ0) is 19.3. The van der Waals surface area contributed by atoms with Crippen molar-refractivity contribution in [3.05, 3.63) is 71.3 Å². The van der Waals surface area contributed by atoms with Gasteiger partial charge in [0.1, 0.15) is 5.69 Å². The van der Waals surface area contributed by atoms with Gasteiger partial charge in [-0.1, -0.05) is 6.07 Å². The van der Waals surface area contributed by atoms with Crippen LogP contribution in [0, 0.1) is 0 Å². The number of pyridine rings is 1. The van der Waals surface area contributed by atoms with Crippen LogP contribution in [0.3, 0.4) is 0 Å². The second-order valence-corrected chi connectivity index (χ2v) is 6.46. The maximum Gasteiger partial charge on any atom is 0.274 e. The zero-order valence-electron chi connectivity index (χ0n) is 15.1. The molecule has 28 heavy (non-hydrogen) atoms. The summed E-state index contributed by atoms with van der Waals surface area (Å²) in [5.74, 6) is -0.397. The molecule has 0 aromatic carbocycles. The van der Waals surface area contributed by atoms with E-state index in [-0.39, 0.29) is 11.8 Å². The Morgan fingerprint density at radius 3 is 2.86 bits per heavy atom. The number of carbonyl (C=O) groups is 2. The molecular weight excluding hydrogens is 358 g/mol. The molecule has 0 saturated carbocycles. The molecule has 0 bridgehead atoms. The average molecular weight is 377 g/mol. The average Bonchev–Trinajstić information content (AvgIpc) is 3.18. The molecule has 0 unspecified atom stereocenters. The predicted octanol–water partition coefficient (Wildman–Crippen LogP) is 0.766. The van der Waals surface area contributed by atoms with Gasteiger partial charge in [0, 0.05) is 43.4 Å². The van der Waals surface area contributed by atoms with Gasteiger partial charge in [0.2, 0.25) is 0 Å². The first kappa shape index (κ1) is 17.8. The van der Waals surface area contributed by atoms with E-state index in [9.17, 15) is 9.59 Å². The van der Waals surface area contributed by atoms with Crippen LogP contribution in [0.15, 0.2) is 43.1 Å². The zero-order valence-corrected chi connectivity index (χ0v) is 15.1. The number of fused-ring (bicyclic) bond motifs is 1. The van der Waals surface area contributed by atoms with E-state index in [1.54, 1.807) is 17.3 Å². The van der Waals surface area contributed by atoms with Crippen molar-refractivity contribution in [3.63, 3.8) is 0 Å². The van der Waals surface area contributed by atoms with Crippen molar-refractivity contribution >= 4 is 11.8 Å². The Balaban J connectivity index is 1.38. The van der Waals surface area contributed by atoms with Crippen LogP contribution in [-0.4, -0.2) is 55.0 Å².